The third-order valence-corrected chi connectivity index (χ3v) is 10.1. The molecule has 0 amide bonds. The number of halogens is 2. The Balaban J connectivity index is 1.22. The lowest BCUT2D eigenvalue weighted by molar-refractivity contribution is 0.165. The fourth-order valence-corrected chi connectivity index (χ4v) is 7.59. The summed E-state index contributed by atoms with van der Waals surface area (Å²) in [5, 5.41) is 0. The van der Waals surface area contributed by atoms with Crippen LogP contribution in [0.15, 0.2) is 36.4 Å². The van der Waals surface area contributed by atoms with E-state index in [4.69, 9.17) is 0 Å². The minimum Gasteiger partial charge on any atom is -0.206 e. The molecule has 3 fully saturated rings. The molecular formula is C33H44F2. The fraction of sp³-hybridized carbons (Fsp3) is 0.636. The van der Waals surface area contributed by atoms with Crippen LogP contribution in [0.1, 0.15) is 120 Å². The first-order valence-electron chi connectivity index (χ1n) is 14.6. The molecule has 0 saturated heterocycles. The second kappa shape index (κ2) is 11.1. The number of benzene rings is 2. The van der Waals surface area contributed by atoms with E-state index in [2.05, 4.69) is 19.9 Å². The van der Waals surface area contributed by atoms with Crippen molar-refractivity contribution in [3.8, 4) is 11.1 Å². The van der Waals surface area contributed by atoms with Gasteiger partial charge in [-0.1, -0.05) is 57.4 Å². The van der Waals surface area contributed by atoms with E-state index >= 15 is 8.78 Å². The molecule has 3 saturated carbocycles. The van der Waals surface area contributed by atoms with E-state index in [-0.39, 0.29) is 11.6 Å². The molecule has 0 atom stereocenters. The largest absolute Gasteiger partial charge is 0.206 e. The summed E-state index contributed by atoms with van der Waals surface area (Å²) in [5.74, 6) is 3.85. The summed E-state index contributed by atoms with van der Waals surface area (Å²) in [6, 6.07) is 11.1. The highest BCUT2D eigenvalue weighted by Crippen LogP contribution is 2.44. The van der Waals surface area contributed by atoms with E-state index < -0.39 is 0 Å². The van der Waals surface area contributed by atoms with Crippen molar-refractivity contribution in [3.05, 3.63) is 59.2 Å². The lowest BCUT2D eigenvalue weighted by Gasteiger charge is -2.37. The highest BCUT2D eigenvalue weighted by molar-refractivity contribution is 5.66. The molecule has 0 radical (unpaired) electrons. The predicted octanol–water partition coefficient (Wildman–Crippen LogP) is 10.4. The van der Waals surface area contributed by atoms with E-state index in [1.54, 1.807) is 12.1 Å². The fourth-order valence-electron chi connectivity index (χ4n) is 7.59. The van der Waals surface area contributed by atoms with Gasteiger partial charge in [0, 0.05) is 11.1 Å². The second-order valence-electron chi connectivity index (χ2n) is 12.2. The molecule has 0 aliphatic heterocycles. The van der Waals surface area contributed by atoms with Crippen molar-refractivity contribution in [1.29, 1.82) is 0 Å². The van der Waals surface area contributed by atoms with Crippen molar-refractivity contribution in [2.45, 2.75) is 109 Å². The predicted molar refractivity (Wildman–Crippen MR) is 143 cm³/mol. The van der Waals surface area contributed by atoms with Crippen LogP contribution in [-0.4, -0.2) is 0 Å². The van der Waals surface area contributed by atoms with Crippen LogP contribution in [0.25, 0.3) is 11.1 Å². The quantitative estimate of drug-likeness (QED) is 0.401. The molecule has 0 aromatic heterocycles. The van der Waals surface area contributed by atoms with Gasteiger partial charge in [-0.3, -0.25) is 0 Å². The van der Waals surface area contributed by atoms with Crippen molar-refractivity contribution < 1.29 is 8.78 Å². The Morgan fingerprint density at radius 1 is 0.600 bits per heavy atom. The van der Waals surface area contributed by atoms with Gasteiger partial charge in [-0.25, -0.2) is 8.78 Å². The summed E-state index contributed by atoms with van der Waals surface area (Å²) in [5.41, 5.74) is 2.99. The first kappa shape index (κ1) is 25.0. The molecule has 5 rings (SSSR count). The second-order valence-corrected chi connectivity index (χ2v) is 12.2. The van der Waals surface area contributed by atoms with Crippen LogP contribution in [0.2, 0.25) is 0 Å². The van der Waals surface area contributed by atoms with Gasteiger partial charge in [0.25, 0.3) is 0 Å². The average molecular weight is 479 g/mol. The molecule has 0 bridgehead atoms. The molecule has 2 aromatic rings. The van der Waals surface area contributed by atoms with Gasteiger partial charge >= 0.3 is 0 Å². The van der Waals surface area contributed by atoms with E-state index in [1.807, 2.05) is 18.2 Å². The molecule has 3 aliphatic rings. The monoisotopic (exact) mass is 478 g/mol. The molecule has 0 spiro atoms. The van der Waals surface area contributed by atoms with Crippen LogP contribution < -0.4 is 0 Å². The van der Waals surface area contributed by atoms with Crippen molar-refractivity contribution in [1.82, 2.24) is 0 Å². The van der Waals surface area contributed by atoms with Crippen LogP contribution in [-0.2, 0) is 0 Å². The molecular weight excluding hydrogens is 434 g/mol. The summed E-state index contributed by atoms with van der Waals surface area (Å²) in [7, 11) is 0. The van der Waals surface area contributed by atoms with Crippen LogP contribution in [0.3, 0.4) is 0 Å². The maximum Gasteiger partial charge on any atom is 0.131 e. The third kappa shape index (κ3) is 5.67. The van der Waals surface area contributed by atoms with Gasteiger partial charge in [-0.2, -0.15) is 0 Å². The van der Waals surface area contributed by atoms with Crippen LogP contribution >= 0.6 is 0 Å². The molecule has 35 heavy (non-hydrogen) atoms. The van der Waals surface area contributed by atoms with Crippen LogP contribution in [0, 0.1) is 35.3 Å². The number of hydrogen-bond donors (Lipinski definition) is 0. The zero-order chi connectivity index (χ0) is 24.4. The molecule has 2 aromatic carbocycles. The Morgan fingerprint density at radius 2 is 1.03 bits per heavy atom. The number of hydrogen-bond acceptors (Lipinski definition) is 0. The highest BCUT2D eigenvalue weighted by Gasteiger charge is 2.31. The van der Waals surface area contributed by atoms with Gasteiger partial charge in [-0.15, -0.1) is 0 Å². The Labute approximate surface area is 211 Å². The lowest BCUT2D eigenvalue weighted by atomic mass is 9.68. The summed E-state index contributed by atoms with van der Waals surface area (Å²) < 4.78 is 30.4. The minimum absolute atomic E-state index is 0.277. The van der Waals surface area contributed by atoms with Crippen LogP contribution in [0.5, 0.6) is 0 Å². The molecule has 0 unspecified atom stereocenters. The summed E-state index contributed by atoms with van der Waals surface area (Å²) in [6.07, 6.45) is 16.5. The first-order valence-corrected chi connectivity index (χ1v) is 14.6. The Hall–Kier alpha value is -1.70. The Kier molecular flexibility index (Phi) is 7.95. The van der Waals surface area contributed by atoms with Gasteiger partial charge in [0.15, 0.2) is 0 Å². The molecule has 3 aliphatic carbocycles. The van der Waals surface area contributed by atoms with Crippen molar-refractivity contribution >= 4 is 0 Å². The summed E-state index contributed by atoms with van der Waals surface area (Å²) in [6.45, 7) is 4.66. The van der Waals surface area contributed by atoms with Crippen LogP contribution in [0.4, 0.5) is 8.78 Å². The van der Waals surface area contributed by atoms with Crippen molar-refractivity contribution in [2.24, 2.45) is 23.7 Å². The normalized spacial score (nSPS) is 31.9. The van der Waals surface area contributed by atoms with E-state index in [0.717, 1.165) is 47.6 Å². The number of rotatable bonds is 5. The van der Waals surface area contributed by atoms with Gasteiger partial charge in [-0.05, 0) is 123 Å². The van der Waals surface area contributed by atoms with Crippen molar-refractivity contribution in [2.75, 3.05) is 0 Å². The van der Waals surface area contributed by atoms with E-state index in [0.29, 0.717) is 23.0 Å². The lowest BCUT2D eigenvalue weighted by Crippen LogP contribution is -2.24. The Morgan fingerprint density at radius 3 is 1.46 bits per heavy atom. The zero-order valence-electron chi connectivity index (χ0n) is 21.9. The molecule has 0 nitrogen and oxygen atoms in total. The molecule has 0 N–H and O–H groups in total. The maximum atomic E-state index is 15.2. The average Bonchev–Trinajstić information content (AvgIpc) is 2.89. The first-order chi connectivity index (χ1) is 17.0. The van der Waals surface area contributed by atoms with E-state index in [1.165, 1.54) is 70.6 Å². The van der Waals surface area contributed by atoms with Gasteiger partial charge < -0.3 is 0 Å². The highest BCUT2D eigenvalue weighted by atomic mass is 19.1. The molecule has 190 valence electrons. The molecule has 2 heteroatoms. The zero-order valence-corrected chi connectivity index (χ0v) is 21.9. The molecule has 0 heterocycles. The minimum atomic E-state index is -0.283. The maximum absolute atomic E-state index is 15.2. The summed E-state index contributed by atoms with van der Waals surface area (Å²) in [4.78, 5) is 0. The Bertz CT molecular complexity index is 971. The standard InChI is InChI=1S/C33H44F2/c1-3-23-6-10-26(11-7-23)28-16-18-30(32(34)20-28)31-19-17-29(21-33(31)35)27-14-12-25(13-15-27)24-8-4-22(2)5-9-24/h16-27H,3-15H2,1-2H3. The summed E-state index contributed by atoms with van der Waals surface area (Å²) >= 11 is 0. The van der Waals surface area contributed by atoms with Gasteiger partial charge in [0.05, 0.1) is 0 Å². The van der Waals surface area contributed by atoms with Crippen molar-refractivity contribution in [3.63, 3.8) is 0 Å². The van der Waals surface area contributed by atoms with E-state index in [9.17, 15) is 0 Å². The smallest absolute Gasteiger partial charge is 0.131 e. The van der Waals surface area contributed by atoms with Gasteiger partial charge in [0.2, 0.25) is 0 Å². The topological polar surface area (TPSA) is 0 Å². The van der Waals surface area contributed by atoms with Gasteiger partial charge in [0.1, 0.15) is 11.6 Å². The SMILES string of the molecule is CCC1CCC(c2ccc(-c3ccc(C4CCC(C5CCC(C)CC5)CC4)cc3F)c(F)c2)CC1. The third-order valence-electron chi connectivity index (χ3n) is 10.1.